The van der Waals surface area contributed by atoms with E-state index in [-0.39, 0.29) is 0 Å². The van der Waals surface area contributed by atoms with Crippen LogP contribution in [0.2, 0.25) is 0 Å². The van der Waals surface area contributed by atoms with Crippen LogP contribution < -0.4 is 4.65 Å². The molecule has 0 saturated heterocycles. The van der Waals surface area contributed by atoms with Gasteiger partial charge in [0.05, 0.1) is 7.11 Å². The van der Waals surface area contributed by atoms with Gasteiger partial charge >= 0.3 is 13.7 Å². The fraction of sp³-hybridized carbons (Fsp3) is 0.167. The number of rotatable bonds is 3. The highest BCUT2D eigenvalue weighted by Crippen LogP contribution is 2.21. The first-order valence-corrected chi connectivity index (χ1v) is 3.95. The van der Waals surface area contributed by atoms with Gasteiger partial charge in [0.15, 0.2) is 0 Å². The third-order valence-electron chi connectivity index (χ3n) is 1.15. The Morgan fingerprint density at radius 2 is 2.50 bits per heavy atom. The monoisotopic (exact) mass is 185 g/mol. The smallest absolute Gasteiger partial charge is 0.537 e. The van der Waals surface area contributed by atoms with Gasteiger partial charge in [-0.2, -0.15) is 0 Å². The van der Waals surface area contributed by atoms with Crippen LogP contribution in [0.5, 0.6) is 5.75 Å². The molecule has 1 rings (SSSR count). The normalized spacial score (nSPS) is 9.17. The molecule has 0 aliphatic rings. The lowest BCUT2D eigenvalue weighted by atomic mass is 10.4. The lowest BCUT2D eigenvalue weighted by Crippen LogP contribution is -1.99. The molecule has 0 amide bonds. The molecular formula is C6H6BO4S. The van der Waals surface area contributed by atoms with Crippen molar-refractivity contribution in [2.24, 2.45) is 0 Å². The van der Waals surface area contributed by atoms with Crippen molar-refractivity contribution < 1.29 is 19.2 Å². The zero-order valence-corrected chi connectivity index (χ0v) is 7.13. The molecule has 0 unspecified atom stereocenters. The fourth-order valence-corrected chi connectivity index (χ4v) is 1.38. The zero-order valence-electron chi connectivity index (χ0n) is 6.31. The van der Waals surface area contributed by atoms with Gasteiger partial charge in [-0.15, -0.1) is 11.3 Å². The van der Waals surface area contributed by atoms with E-state index in [0.29, 0.717) is 18.3 Å². The molecule has 0 fully saturated rings. The molecular weight excluding hydrogens is 179 g/mol. The molecule has 1 heterocycles. The summed E-state index contributed by atoms with van der Waals surface area (Å²) in [6, 6.07) is 1.49. The van der Waals surface area contributed by atoms with E-state index in [4.69, 9.17) is 5.02 Å². The van der Waals surface area contributed by atoms with Crippen molar-refractivity contribution in [3.8, 4) is 5.75 Å². The minimum atomic E-state index is -0.409. The first-order chi connectivity index (χ1) is 5.77. The van der Waals surface area contributed by atoms with Crippen LogP contribution in [0.1, 0.15) is 9.67 Å². The van der Waals surface area contributed by atoms with Crippen molar-refractivity contribution in [2.45, 2.75) is 0 Å². The van der Waals surface area contributed by atoms with Crippen molar-refractivity contribution in [2.75, 3.05) is 7.11 Å². The minimum absolute atomic E-state index is 0.409. The van der Waals surface area contributed by atoms with Crippen molar-refractivity contribution in [1.29, 1.82) is 0 Å². The summed E-state index contributed by atoms with van der Waals surface area (Å²) in [5.74, 6) is 0.00990. The van der Waals surface area contributed by atoms with Gasteiger partial charge in [0, 0.05) is 11.4 Å². The first-order valence-electron chi connectivity index (χ1n) is 3.07. The van der Waals surface area contributed by atoms with Crippen LogP contribution in [0.15, 0.2) is 11.4 Å². The van der Waals surface area contributed by atoms with Crippen LogP contribution in [0, 0.1) is 0 Å². The molecule has 0 aliphatic carbocycles. The van der Waals surface area contributed by atoms with Gasteiger partial charge in [-0.05, 0) is 0 Å². The van der Waals surface area contributed by atoms with Crippen LogP contribution >= 0.6 is 11.3 Å². The first kappa shape index (κ1) is 9.09. The Morgan fingerprint density at radius 3 is 3.08 bits per heavy atom. The summed E-state index contributed by atoms with van der Waals surface area (Å²) in [6.07, 6.45) is 0. The quantitative estimate of drug-likeness (QED) is 0.548. The third kappa shape index (κ3) is 1.99. The Labute approximate surface area is 74.0 Å². The zero-order chi connectivity index (χ0) is 8.97. The predicted octanol–water partition coefficient (Wildman–Crippen LogP) is 0.440. The van der Waals surface area contributed by atoms with Crippen molar-refractivity contribution in [3.05, 3.63) is 16.3 Å². The maximum Gasteiger partial charge on any atom is 0.569 e. The molecule has 1 N–H and O–H groups in total. The number of esters is 1. The third-order valence-corrected chi connectivity index (χ3v) is 2.04. The number of thiophene rings is 1. The van der Waals surface area contributed by atoms with Crippen molar-refractivity contribution >= 4 is 25.0 Å². The maximum atomic E-state index is 10.9. The highest BCUT2D eigenvalue weighted by atomic mass is 32.1. The predicted molar refractivity (Wildman–Crippen MR) is 44.3 cm³/mol. The van der Waals surface area contributed by atoms with Gasteiger partial charge in [0.2, 0.25) is 0 Å². The summed E-state index contributed by atoms with van der Waals surface area (Å²) in [7, 11) is 1.86. The molecule has 63 valence electrons. The molecule has 0 saturated carbocycles. The highest BCUT2D eigenvalue weighted by Gasteiger charge is 2.09. The van der Waals surface area contributed by atoms with E-state index in [0.717, 1.165) is 0 Å². The van der Waals surface area contributed by atoms with Crippen molar-refractivity contribution in [3.63, 3.8) is 0 Å². The summed E-state index contributed by atoms with van der Waals surface area (Å²) in [5, 5.41) is 9.86. The standard InChI is InChI=1S/C6H6BO4S/c1-10-6(8)5-2-4(3-12-5)11-7-9/h2-3,9H,1H3. The second-order valence-corrected chi connectivity index (χ2v) is 2.77. The van der Waals surface area contributed by atoms with E-state index < -0.39 is 5.97 Å². The van der Waals surface area contributed by atoms with Crippen LogP contribution in [0.4, 0.5) is 0 Å². The molecule has 1 aromatic heterocycles. The van der Waals surface area contributed by atoms with E-state index in [9.17, 15) is 4.79 Å². The number of hydrogen-bond donors (Lipinski definition) is 1. The number of carbonyl (C=O) groups excluding carboxylic acids is 1. The SMILES string of the molecule is COC(=O)c1cc(O[B]O)cs1. The summed E-state index contributed by atoms with van der Waals surface area (Å²) in [5.41, 5.74) is 0. The Hall–Kier alpha value is -1.01. The van der Waals surface area contributed by atoms with Crippen LogP contribution in [-0.2, 0) is 4.74 Å². The molecule has 0 atom stereocenters. The van der Waals surface area contributed by atoms with E-state index in [2.05, 4.69) is 9.39 Å². The number of methoxy groups -OCH3 is 1. The Morgan fingerprint density at radius 1 is 1.75 bits per heavy atom. The highest BCUT2D eigenvalue weighted by molar-refractivity contribution is 7.12. The Bertz CT molecular complexity index is 272. The topological polar surface area (TPSA) is 55.8 Å². The molecule has 0 spiro atoms. The molecule has 0 aromatic carbocycles. The lowest BCUT2D eigenvalue weighted by molar-refractivity contribution is 0.0606. The van der Waals surface area contributed by atoms with Crippen LogP contribution in [0.3, 0.4) is 0 Å². The summed E-state index contributed by atoms with van der Waals surface area (Å²) < 4.78 is 9.09. The average molecular weight is 185 g/mol. The van der Waals surface area contributed by atoms with E-state index >= 15 is 0 Å². The summed E-state index contributed by atoms with van der Waals surface area (Å²) in [4.78, 5) is 11.3. The fourth-order valence-electron chi connectivity index (χ4n) is 0.649. The maximum absolute atomic E-state index is 10.9. The largest absolute Gasteiger partial charge is 0.569 e. The summed E-state index contributed by atoms with van der Waals surface area (Å²) in [6.45, 7) is 0. The number of hydrogen-bond acceptors (Lipinski definition) is 5. The minimum Gasteiger partial charge on any atom is -0.537 e. The second-order valence-electron chi connectivity index (χ2n) is 1.86. The molecule has 4 nitrogen and oxygen atoms in total. The van der Waals surface area contributed by atoms with Gasteiger partial charge in [-0.25, -0.2) is 4.79 Å². The summed E-state index contributed by atoms with van der Waals surface area (Å²) >= 11 is 1.19. The van der Waals surface area contributed by atoms with Crippen molar-refractivity contribution in [1.82, 2.24) is 0 Å². The van der Waals surface area contributed by atoms with E-state index in [1.165, 1.54) is 24.5 Å². The Balaban J connectivity index is 2.70. The number of carbonyl (C=O) groups is 1. The average Bonchev–Trinajstić information content (AvgIpc) is 2.52. The van der Waals surface area contributed by atoms with Gasteiger partial charge in [0.1, 0.15) is 10.6 Å². The molecule has 1 radical (unpaired) electrons. The van der Waals surface area contributed by atoms with Gasteiger partial charge < -0.3 is 14.4 Å². The van der Waals surface area contributed by atoms with Crippen LogP contribution in [-0.4, -0.2) is 25.8 Å². The second kappa shape index (κ2) is 4.13. The lowest BCUT2D eigenvalue weighted by Gasteiger charge is -1.93. The Kier molecular flexibility index (Phi) is 3.13. The molecule has 1 aromatic rings. The molecule has 6 heteroatoms. The number of ether oxygens (including phenoxy) is 1. The van der Waals surface area contributed by atoms with E-state index in [1.54, 1.807) is 5.38 Å². The van der Waals surface area contributed by atoms with E-state index in [1.807, 2.05) is 0 Å². The molecule has 12 heavy (non-hydrogen) atoms. The van der Waals surface area contributed by atoms with Gasteiger partial charge in [-0.3, -0.25) is 0 Å². The molecule has 0 aliphatic heterocycles. The van der Waals surface area contributed by atoms with Gasteiger partial charge in [-0.1, -0.05) is 0 Å². The molecule has 0 bridgehead atoms. The van der Waals surface area contributed by atoms with Gasteiger partial charge in [0.25, 0.3) is 0 Å². The van der Waals surface area contributed by atoms with Crippen LogP contribution in [0.25, 0.3) is 0 Å².